The molecule has 0 heterocycles. The minimum Gasteiger partial charge on any atom is -0.352 e. The minimum atomic E-state index is 0.0885. The highest BCUT2D eigenvalue weighted by molar-refractivity contribution is 8.00. The molecule has 4 heteroatoms. The van der Waals surface area contributed by atoms with Gasteiger partial charge in [0.1, 0.15) is 0 Å². The molecule has 0 aromatic rings. The fourth-order valence-electron chi connectivity index (χ4n) is 2.32. The highest BCUT2D eigenvalue weighted by Crippen LogP contribution is 2.26. The molecule has 16 heavy (non-hydrogen) atoms. The number of amides is 1. The van der Waals surface area contributed by atoms with E-state index in [1.807, 2.05) is 6.07 Å². The van der Waals surface area contributed by atoms with Crippen LogP contribution in [0, 0.1) is 17.2 Å². The van der Waals surface area contributed by atoms with E-state index in [1.165, 1.54) is 31.0 Å². The Labute approximate surface area is 102 Å². The molecule has 0 spiro atoms. The summed E-state index contributed by atoms with van der Waals surface area (Å²) >= 11 is 1.39. The second kappa shape index (κ2) is 7.56. The molecular weight excluding hydrogens is 220 g/mol. The number of thioether (sulfide) groups is 1. The van der Waals surface area contributed by atoms with Crippen LogP contribution in [-0.2, 0) is 4.79 Å². The third kappa shape index (κ3) is 4.44. The number of hydrogen-bond acceptors (Lipinski definition) is 3. The Morgan fingerprint density at radius 2 is 2.25 bits per heavy atom. The summed E-state index contributed by atoms with van der Waals surface area (Å²) in [6.07, 6.45) is 6.04. The van der Waals surface area contributed by atoms with Crippen LogP contribution in [0.1, 0.15) is 39.0 Å². The fourth-order valence-corrected chi connectivity index (χ4v) is 2.79. The van der Waals surface area contributed by atoms with Crippen molar-refractivity contribution >= 4 is 17.7 Å². The topological polar surface area (TPSA) is 52.9 Å². The Balaban J connectivity index is 2.28. The van der Waals surface area contributed by atoms with Crippen molar-refractivity contribution in [3.63, 3.8) is 0 Å². The third-order valence-corrected chi connectivity index (χ3v) is 3.98. The van der Waals surface area contributed by atoms with E-state index in [1.54, 1.807) is 0 Å². The van der Waals surface area contributed by atoms with Gasteiger partial charge < -0.3 is 5.32 Å². The van der Waals surface area contributed by atoms with Crippen LogP contribution < -0.4 is 5.32 Å². The van der Waals surface area contributed by atoms with Crippen molar-refractivity contribution in [2.24, 2.45) is 5.92 Å². The van der Waals surface area contributed by atoms with Crippen molar-refractivity contribution in [3.8, 4) is 6.07 Å². The van der Waals surface area contributed by atoms with Gasteiger partial charge in [-0.3, -0.25) is 4.79 Å². The maximum Gasteiger partial charge on any atom is 0.230 e. The summed E-state index contributed by atoms with van der Waals surface area (Å²) in [6.45, 7) is 2.19. The Hall–Kier alpha value is -0.690. The van der Waals surface area contributed by atoms with Crippen LogP contribution in [0.2, 0.25) is 0 Å². The first kappa shape index (κ1) is 13.4. The largest absolute Gasteiger partial charge is 0.352 e. The fraction of sp³-hybridized carbons (Fsp3) is 0.833. The third-order valence-electron chi connectivity index (χ3n) is 3.18. The van der Waals surface area contributed by atoms with Gasteiger partial charge in [-0.2, -0.15) is 5.26 Å². The van der Waals surface area contributed by atoms with Gasteiger partial charge in [0.05, 0.1) is 17.6 Å². The monoisotopic (exact) mass is 240 g/mol. The molecule has 90 valence electrons. The molecule has 1 aliphatic rings. The van der Waals surface area contributed by atoms with E-state index in [0.29, 0.717) is 23.5 Å². The predicted octanol–water partition coefficient (Wildman–Crippen LogP) is 2.33. The molecule has 1 N–H and O–H groups in total. The summed E-state index contributed by atoms with van der Waals surface area (Å²) < 4.78 is 0. The SMILES string of the molecule is CCC1CCCCC1NC(=O)CSCC#N. The normalized spacial score (nSPS) is 24.8. The molecule has 0 aliphatic heterocycles. The molecule has 0 aromatic carbocycles. The second-order valence-electron chi connectivity index (χ2n) is 4.28. The lowest BCUT2D eigenvalue weighted by molar-refractivity contribution is -0.119. The van der Waals surface area contributed by atoms with E-state index in [0.717, 1.165) is 12.8 Å². The Kier molecular flexibility index (Phi) is 6.32. The van der Waals surface area contributed by atoms with Crippen molar-refractivity contribution in [2.45, 2.75) is 45.1 Å². The predicted molar refractivity (Wildman–Crippen MR) is 67.1 cm³/mol. The van der Waals surface area contributed by atoms with Crippen LogP contribution in [0.15, 0.2) is 0 Å². The summed E-state index contributed by atoms with van der Waals surface area (Å²) in [6, 6.07) is 2.40. The number of carbonyl (C=O) groups excluding carboxylic acids is 1. The van der Waals surface area contributed by atoms with Gasteiger partial charge in [0.25, 0.3) is 0 Å². The molecule has 0 radical (unpaired) electrons. The number of nitrogens with zero attached hydrogens (tertiary/aromatic N) is 1. The van der Waals surface area contributed by atoms with E-state index in [9.17, 15) is 4.79 Å². The van der Waals surface area contributed by atoms with Crippen LogP contribution in [-0.4, -0.2) is 23.5 Å². The maximum atomic E-state index is 11.6. The molecule has 2 unspecified atom stereocenters. The average molecular weight is 240 g/mol. The van der Waals surface area contributed by atoms with Crippen molar-refractivity contribution in [1.29, 1.82) is 5.26 Å². The number of nitriles is 1. The zero-order valence-corrected chi connectivity index (χ0v) is 10.7. The molecule has 1 amide bonds. The summed E-state index contributed by atoms with van der Waals surface area (Å²) in [5.74, 6) is 1.56. The second-order valence-corrected chi connectivity index (χ2v) is 5.26. The summed E-state index contributed by atoms with van der Waals surface area (Å²) in [4.78, 5) is 11.6. The van der Waals surface area contributed by atoms with E-state index in [4.69, 9.17) is 5.26 Å². The number of hydrogen-bond donors (Lipinski definition) is 1. The Bertz CT molecular complexity index is 262. The molecule has 0 aromatic heterocycles. The molecule has 1 saturated carbocycles. The van der Waals surface area contributed by atoms with Crippen LogP contribution in [0.4, 0.5) is 0 Å². The van der Waals surface area contributed by atoms with Gasteiger partial charge in [-0.25, -0.2) is 0 Å². The summed E-state index contributed by atoms with van der Waals surface area (Å²) in [7, 11) is 0. The first-order valence-corrected chi connectivity index (χ1v) is 7.17. The van der Waals surface area contributed by atoms with Crippen molar-refractivity contribution in [1.82, 2.24) is 5.32 Å². The van der Waals surface area contributed by atoms with Crippen molar-refractivity contribution in [3.05, 3.63) is 0 Å². The zero-order valence-electron chi connectivity index (χ0n) is 9.87. The smallest absolute Gasteiger partial charge is 0.230 e. The molecule has 0 bridgehead atoms. The van der Waals surface area contributed by atoms with E-state index in [-0.39, 0.29) is 5.91 Å². The van der Waals surface area contributed by atoms with Gasteiger partial charge in [-0.1, -0.05) is 26.2 Å². The number of carbonyl (C=O) groups is 1. The Morgan fingerprint density at radius 1 is 1.50 bits per heavy atom. The van der Waals surface area contributed by atoms with Gasteiger partial charge in [0.15, 0.2) is 0 Å². The molecule has 0 saturated heterocycles. The molecule has 1 aliphatic carbocycles. The van der Waals surface area contributed by atoms with E-state index in [2.05, 4.69) is 12.2 Å². The Morgan fingerprint density at radius 3 is 2.94 bits per heavy atom. The molecule has 3 nitrogen and oxygen atoms in total. The lowest BCUT2D eigenvalue weighted by atomic mass is 9.83. The highest BCUT2D eigenvalue weighted by Gasteiger charge is 2.24. The standard InChI is InChI=1S/C12H20N2OS/c1-2-10-5-3-4-6-11(10)14-12(15)9-16-8-7-13/h10-11H,2-6,8-9H2,1H3,(H,14,15). The zero-order chi connectivity index (χ0) is 11.8. The van der Waals surface area contributed by atoms with Gasteiger partial charge in [-0.05, 0) is 18.8 Å². The van der Waals surface area contributed by atoms with Crippen molar-refractivity contribution in [2.75, 3.05) is 11.5 Å². The summed E-state index contributed by atoms with van der Waals surface area (Å²) in [5.41, 5.74) is 0. The van der Waals surface area contributed by atoms with Crippen molar-refractivity contribution < 1.29 is 4.79 Å². The van der Waals surface area contributed by atoms with E-state index >= 15 is 0 Å². The van der Waals surface area contributed by atoms with Gasteiger partial charge in [0, 0.05) is 6.04 Å². The lowest BCUT2D eigenvalue weighted by Crippen LogP contribution is -2.42. The molecule has 1 rings (SSSR count). The first-order chi connectivity index (χ1) is 7.77. The van der Waals surface area contributed by atoms with Gasteiger partial charge in [0.2, 0.25) is 5.91 Å². The molecule has 2 atom stereocenters. The average Bonchev–Trinajstić information content (AvgIpc) is 2.30. The highest BCUT2D eigenvalue weighted by atomic mass is 32.2. The number of rotatable bonds is 5. The minimum absolute atomic E-state index is 0.0885. The van der Waals surface area contributed by atoms with Crippen LogP contribution in [0.3, 0.4) is 0 Å². The number of nitrogens with one attached hydrogen (secondary N) is 1. The van der Waals surface area contributed by atoms with Crippen LogP contribution in [0.5, 0.6) is 0 Å². The van der Waals surface area contributed by atoms with Gasteiger partial charge >= 0.3 is 0 Å². The summed E-state index contributed by atoms with van der Waals surface area (Å²) in [5, 5.41) is 11.5. The van der Waals surface area contributed by atoms with Crippen LogP contribution >= 0.6 is 11.8 Å². The molecular formula is C12H20N2OS. The molecule has 1 fully saturated rings. The van der Waals surface area contributed by atoms with Gasteiger partial charge in [-0.15, -0.1) is 11.8 Å². The first-order valence-electron chi connectivity index (χ1n) is 6.02. The maximum absolute atomic E-state index is 11.6. The quantitative estimate of drug-likeness (QED) is 0.750. The van der Waals surface area contributed by atoms with Crippen LogP contribution in [0.25, 0.3) is 0 Å². The lowest BCUT2D eigenvalue weighted by Gasteiger charge is -2.31. The van der Waals surface area contributed by atoms with E-state index < -0.39 is 0 Å².